The van der Waals surface area contributed by atoms with Crippen molar-refractivity contribution in [1.29, 1.82) is 0 Å². The van der Waals surface area contributed by atoms with Gasteiger partial charge in [0.2, 0.25) is 0 Å². The van der Waals surface area contributed by atoms with Crippen molar-refractivity contribution in [2.75, 3.05) is 11.6 Å². The summed E-state index contributed by atoms with van der Waals surface area (Å²) in [6.45, 7) is 0.372. The molecule has 1 aromatic carbocycles. The molecule has 21 heavy (non-hydrogen) atoms. The fourth-order valence-corrected chi connectivity index (χ4v) is 4.87. The minimum Gasteiger partial charge on any atom is -0.327 e. The smallest absolute Gasteiger partial charge is 0.154 e. The van der Waals surface area contributed by atoms with Crippen LogP contribution in [0.2, 0.25) is 0 Å². The highest BCUT2D eigenvalue weighted by atomic mass is 35.5. The number of benzene rings is 1. The number of fused-ring (bicyclic) bond motifs is 1. The third kappa shape index (κ3) is 2.79. The fourth-order valence-electron chi connectivity index (χ4n) is 2.90. The maximum Gasteiger partial charge on any atom is 0.154 e. The van der Waals surface area contributed by atoms with Crippen LogP contribution in [0.5, 0.6) is 0 Å². The van der Waals surface area contributed by atoms with Crippen LogP contribution in [0, 0.1) is 5.82 Å². The Balaban J connectivity index is 2.05. The molecule has 1 atom stereocenters. The topological polar surface area (TPSA) is 52.0 Å². The molecule has 0 N–H and O–H groups in total. The second kappa shape index (κ2) is 5.57. The number of aromatic nitrogens is 2. The third-order valence-electron chi connectivity index (χ3n) is 3.96. The van der Waals surface area contributed by atoms with E-state index in [4.69, 9.17) is 11.6 Å². The summed E-state index contributed by atoms with van der Waals surface area (Å²) < 4.78 is 39.3. The van der Waals surface area contributed by atoms with E-state index < -0.39 is 9.84 Å². The second-order valence-corrected chi connectivity index (χ2v) is 8.12. The number of rotatable bonds is 4. The lowest BCUT2D eigenvalue weighted by Crippen LogP contribution is -2.23. The van der Waals surface area contributed by atoms with Crippen molar-refractivity contribution in [3.8, 4) is 0 Å². The van der Waals surface area contributed by atoms with Gasteiger partial charge in [0, 0.05) is 24.9 Å². The lowest BCUT2D eigenvalue weighted by molar-refractivity contribution is 0.563. The lowest BCUT2D eigenvalue weighted by Gasteiger charge is -2.13. The van der Waals surface area contributed by atoms with Crippen LogP contribution in [0.3, 0.4) is 0 Å². The zero-order chi connectivity index (χ0) is 15.0. The van der Waals surface area contributed by atoms with Gasteiger partial charge in [0.15, 0.2) is 9.84 Å². The van der Waals surface area contributed by atoms with Crippen molar-refractivity contribution in [3.05, 3.63) is 29.8 Å². The Bertz CT molecular complexity index is 773. The van der Waals surface area contributed by atoms with Gasteiger partial charge in [-0.2, -0.15) is 0 Å². The molecule has 0 radical (unpaired) electrons. The Hall–Kier alpha value is -1.14. The molecule has 7 heteroatoms. The first-order chi connectivity index (χ1) is 10.0. The number of halogens is 2. The maximum atomic E-state index is 13.3. The molecule has 0 amide bonds. The van der Waals surface area contributed by atoms with E-state index in [0.717, 1.165) is 5.52 Å². The van der Waals surface area contributed by atoms with E-state index in [2.05, 4.69) is 4.98 Å². The average molecular weight is 331 g/mol. The van der Waals surface area contributed by atoms with Gasteiger partial charge in [-0.15, -0.1) is 11.6 Å². The van der Waals surface area contributed by atoms with Crippen molar-refractivity contribution in [1.82, 2.24) is 9.55 Å². The summed E-state index contributed by atoms with van der Waals surface area (Å²) in [7, 11) is -3.03. The Labute approximate surface area is 127 Å². The first kappa shape index (κ1) is 14.8. The van der Waals surface area contributed by atoms with Crippen molar-refractivity contribution >= 4 is 32.5 Å². The van der Waals surface area contributed by atoms with Gasteiger partial charge in [-0.05, 0) is 25.0 Å². The Kier molecular flexibility index (Phi) is 3.92. The van der Waals surface area contributed by atoms with E-state index in [1.54, 1.807) is 6.07 Å². The molecule has 3 rings (SSSR count). The van der Waals surface area contributed by atoms with Crippen LogP contribution in [0.25, 0.3) is 11.0 Å². The fraction of sp³-hybridized carbons (Fsp3) is 0.500. The molecule has 2 aromatic rings. The Morgan fingerprint density at radius 2 is 2.24 bits per heavy atom. The molecule has 114 valence electrons. The molecule has 4 nitrogen and oxygen atoms in total. The number of hydrogen-bond donors (Lipinski definition) is 0. The number of imidazole rings is 1. The summed E-state index contributed by atoms with van der Waals surface area (Å²) >= 11 is 5.79. The number of aryl methyl sites for hydroxylation is 1. The minimum absolute atomic E-state index is 0.254. The Morgan fingerprint density at radius 1 is 1.43 bits per heavy atom. The standard InChI is InChI=1S/C14H16ClFN2O2S/c15-6-5-14-17-12-8-10(16)3-4-13(12)18(14)9-11-2-1-7-21(11,19)20/h3-4,8,11H,1-2,5-7,9H2. The molecule has 0 saturated carbocycles. The second-order valence-electron chi connectivity index (χ2n) is 5.34. The van der Waals surface area contributed by atoms with Gasteiger partial charge in [-0.1, -0.05) is 0 Å². The van der Waals surface area contributed by atoms with E-state index in [1.165, 1.54) is 12.1 Å². The van der Waals surface area contributed by atoms with Crippen LogP contribution in [0.1, 0.15) is 18.7 Å². The Morgan fingerprint density at radius 3 is 2.90 bits per heavy atom. The zero-order valence-corrected chi connectivity index (χ0v) is 13.0. The molecule has 1 unspecified atom stereocenters. The highest BCUT2D eigenvalue weighted by Crippen LogP contribution is 2.25. The molecular formula is C14H16ClFN2O2S. The quantitative estimate of drug-likeness (QED) is 0.809. The van der Waals surface area contributed by atoms with Crippen molar-refractivity contribution in [3.63, 3.8) is 0 Å². The van der Waals surface area contributed by atoms with Crippen LogP contribution in [0.15, 0.2) is 18.2 Å². The average Bonchev–Trinajstić information content (AvgIpc) is 2.91. The van der Waals surface area contributed by atoms with Gasteiger partial charge in [0.1, 0.15) is 11.6 Å². The molecule has 1 aliphatic rings. The van der Waals surface area contributed by atoms with E-state index >= 15 is 0 Å². The van der Waals surface area contributed by atoms with Crippen molar-refractivity contribution in [2.24, 2.45) is 0 Å². The van der Waals surface area contributed by atoms with Crippen LogP contribution in [-0.2, 0) is 22.8 Å². The molecular weight excluding hydrogens is 315 g/mol. The van der Waals surface area contributed by atoms with Gasteiger partial charge >= 0.3 is 0 Å². The highest BCUT2D eigenvalue weighted by Gasteiger charge is 2.32. The van der Waals surface area contributed by atoms with Crippen LogP contribution >= 0.6 is 11.6 Å². The predicted molar refractivity (Wildman–Crippen MR) is 80.9 cm³/mol. The number of nitrogens with zero attached hydrogens (tertiary/aromatic N) is 2. The first-order valence-corrected chi connectivity index (χ1v) is 9.18. The SMILES string of the molecule is O=S1(=O)CCCC1Cn1c(CCCl)nc2cc(F)ccc21. The molecule has 0 bridgehead atoms. The molecule has 1 saturated heterocycles. The molecule has 0 spiro atoms. The molecule has 1 aliphatic heterocycles. The van der Waals surface area contributed by atoms with Gasteiger partial charge < -0.3 is 4.57 Å². The largest absolute Gasteiger partial charge is 0.327 e. The molecule has 1 aromatic heterocycles. The summed E-state index contributed by atoms with van der Waals surface area (Å²) in [5.41, 5.74) is 1.31. The lowest BCUT2D eigenvalue weighted by atomic mass is 10.2. The number of hydrogen-bond acceptors (Lipinski definition) is 3. The monoisotopic (exact) mass is 330 g/mol. The minimum atomic E-state index is -3.03. The first-order valence-electron chi connectivity index (χ1n) is 6.93. The van der Waals surface area contributed by atoms with E-state index in [-0.39, 0.29) is 16.8 Å². The van der Waals surface area contributed by atoms with Crippen molar-refractivity contribution in [2.45, 2.75) is 31.1 Å². The highest BCUT2D eigenvalue weighted by molar-refractivity contribution is 7.92. The van der Waals surface area contributed by atoms with Crippen LogP contribution in [-0.4, -0.2) is 34.9 Å². The summed E-state index contributed by atoms with van der Waals surface area (Å²) in [5.74, 6) is 1.01. The van der Waals surface area contributed by atoms with E-state index in [9.17, 15) is 12.8 Å². The van der Waals surface area contributed by atoms with Gasteiger partial charge in [-0.25, -0.2) is 17.8 Å². The van der Waals surface area contributed by atoms with Crippen LogP contribution in [0.4, 0.5) is 4.39 Å². The maximum absolute atomic E-state index is 13.3. The predicted octanol–water partition coefficient (Wildman–Crippen LogP) is 2.53. The summed E-state index contributed by atoms with van der Waals surface area (Å²) in [6.07, 6.45) is 1.91. The normalized spacial score (nSPS) is 21.1. The van der Waals surface area contributed by atoms with Gasteiger partial charge in [-0.3, -0.25) is 0 Å². The number of alkyl halides is 1. The number of sulfone groups is 1. The van der Waals surface area contributed by atoms with Gasteiger partial charge in [0.25, 0.3) is 0 Å². The van der Waals surface area contributed by atoms with E-state index in [0.29, 0.717) is 43.0 Å². The summed E-state index contributed by atoms with van der Waals surface area (Å²) in [4.78, 5) is 4.40. The molecule has 2 heterocycles. The third-order valence-corrected chi connectivity index (χ3v) is 6.40. The molecule has 0 aliphatic carbocycles. The van der Waals surface area contributed by atoms with Crippen LogP contribution < -0.4 is 0 Å². The summed E-state index contributed by atoms with van der Waals surface area (Å²) in [6, 6.07) is 4.39. The molecule has 1 fully saturated rings. The van der Waals surface area contributed by atoms with Crippen molar-refractivity contribution < 1.29 is 12.8 Å². The van der Waals surface area contributed by atoms with Gasteiger partial charge in [0.05, 0.1) is 22.0 Å². The summed E-state index contributed by atoms with van der Waals surface area (Å²) in [5, 5.41) is -0.381. The van der Waals surface area contributed by atoms with E-state index in [1.807, 2.05) is 4.57 Å². The zero-order valence-electron chi connectivity index (χ0n) is 11.4.